The van der Waals surface area contributed by atoms with E-state index in [1.165, 1.54) is 38.0 Å². The molecule has 0 fully saturated rings. The van der Waals surface area contributed by atoms with Crippen molar-refractivity contribution in [2.24, 2.45) is 5.92 Å². The monoisotopic (exact) mass is 397 g/mol. The van der Waals surface area contributed by atoms with Crippen LogP contribution in [0.25, 0.3) is 0 Å². The van der Waals surface area contributed by atoms with Crippen molar-refractivity contribution in [2.45, 2.75) is 33.1 Å². The van der Waals surface area contributed by atoms with Gasteiger partial charge in [-0.2, -0.15) is 0 Å². The van der Waals surface area contributed by atoms with Crippen molar-refractivity contribution in [1.29, 1.82) is 0 Å². The van der Waals surface area contributed by atoms with Gasteiger partial charge in [-0.3, -0.25) is 4.79 Å². The number of carbonyl (C=O) groups excluding carboxylic acids is 3. The molecule has 0 saturated carbocycles. The van der Waals surface area contributed by atoms with Crippen LogP contribution in [0, 0.1) is 5.92 Å². The topological polar surface area (TPSA) is 81.7 Å². The van der Waals surface area contributed by atoms with Crippen LogP contribution in [0.2, 0.25) is 0 Å². The number of rotatable bonds is 7. The van der Waals surface area contributed by atoms with Crippen LogP contribution in [-0.4, -0.2) is 32.1 Å². The summed E-state index contributed by atoms with van der Waals surface area (Å²) in [6.45, 7) is 6.13. The Morgan fingerprint density at radius 2 is 1.38 bits per heavy atom. The zero-order valence-corrected chi connectivity index (χ0v) is 17.4. The maximum absolute atomic E-state index is 12.7. The van der Waals surface area contributed by atoms with Crippen LogP contribution in [0.1, 0.15) is 58.5 Å². The highest BCUT2D eigenvalue weighted by Gasteiger charge is 2.18. The van der Waals surface area contributed by atoms with E-state index in [9.17, 15) is 14.4 Å². The summed E-state index contributed by atoms with van der Waals surface area (Å²) in [5, 5.41) is 2.77. The fraction of sp³-hybridized carbons (Fsp3) is 0.348. The van der Waals surface area contributed by atoms with Gasteiger partial charge in [0.1, 0.15) is 0 Å². The van der Waals surface area contributed by atoms with Crippen molar-refractivity contribution in [3.8, 4) is 0 Å². The molecule has 0 heterocycles. The Hall–Kier alpha value is -3.15. The van der Waals surface area contributed by atoms with E-state index in [0.29, 0.717) is 11.6 Å². The number of benzene rings is 2. The summed E-state index contributed by atoms with van der Waals surface area (Å²) >= 11 is 0. The lowest BCUT2D eigenvalue weighted by Crippen LogP contribution is -2.19. The second kappa shape index (κ2) is 9.87. The van der Waals surface area contributed by atoms with E-state index < -0.39 is 17.9 Å². The van der Waals surface area contributed by atoms with E-state index in [2.05, 4.69) is 19.2 Å². The van der Waals surface area contributed by atoms with Gasteiger partial charge in [-0.15, -0.1) is 0 Å². The third-order valence-electron chi connectivity index (χ3n) is 4.56. The number of esters is 2. The average Bonchev–Trinajstić information content (AvgIpc) is 2.71. The summed E-state index contributed by atoms with van der Waals surface area (Å²) in [4.78, 5) is 36.5. The first-order chi connectivity index (χ1) is 13.7. The van der Waals surface area contributed by atoms with Crippen molar-refractivity contribution in [3.63, 3.8) is 0 Å². The van der Waals surface area contributed by atoms with Gasteiger partial charge in [-0.25, -0.2) is 9.59 Å². The second-order valence-electron chi connectivity index (χ2n) is 7.33. The van der Waals surface area contributed by atoms with Gasteiger partial charge < -0.3 is 14.8 Å². The lowest BCUT2D eigenvalue weighted by atomic mass is 9.96. The molecule has 1 atom stereocenters. The molecule has 0 bridgehead atoms. The normalized spacial score (nSPS) is 11.7. The molecule has 1 unspecified atom stereocenters. The molecular weight excluding hydrogens is 370 g/mol. The second-order valence-corrected chi connectivity index (χ2v) is 7.33. The van der Waals surface area contributed by atoms with Crippen LogP contribution >= 0.6 is 0 Å². The fourth-order valence-electron chi connectivity index (χ4n) is 2.99. The Labute approximate surface area is 171 Å². The van der Waals surface area contributed by atoms with Crippen LogP contribution in [0.5, 0.6) is 0 Å². The summed E-state index contributed by atoms with van der Waals surface area (Å²) in [6, 6.07) is 12.3. The number of amides is 1. The predicted octanol–water partition coefficient (Wildman–Crippen LogP) is 4.20. The van der Waals surface area contributed by atoms with E-state index in [-0.39, 0.29) is 17.0 Å². The van der Waals surface area contributed by atoms with Crippen molar-refractivity contribution in [1.82, 2.24) is 0 Å². The highest BCUT2D eigenvalue weighted by molar-refractivity contribution is 6.00. The van der Waals surface area contributed by atoms with Crippen LogP contribution in [0.3, 0.4) is 0 Å². The highest BCUT2D eigenvalue weighted by atomic mass is 16.5. The van der Waals surface area contributed by atoms with Crippen molar-refractivity contribution >= 4 is 23.5 Å². The number of carbonyl (C=O) groups is 3. The van der Waals surface area contributed by atoms with E-state index in [0.717, 1.165) is 12.0 Å². The predicted molar refractivity (Wildman–Crippen MR) is 111 cm³/mol. The van der Waals surface area contributed by atoms with Gasteiger partial charge in [0.2, 0.25) is 5.91 Å². The van der Waals surface area contributed by atoms with E-state index >= 15 is 0 Å². The largest absolute Gasteiger partial charge is 0.465 e. The van der Waals surface area contributed by atoms with Gasteiger partial charge in [0.25, 0.3) is 0 Å². The minimum Gasteiger partial charge on any atom is -0.465 e. The molecule has 0 aromatic heterocycles. The van der Waals surface area contributed by atoms with Gasteiger partial charge in [-0.1, -0.05) is 38.1 Å². The van der Waals surface area contributed by atoms with E-state index in [1.807, 2.05) is 24.3 Å². The first-order valence-corrected chi connectivity index (χ1v) is 9.46. The summed E-state index contributed by atoms with van der Waals surface area (Å²) in [7, 11) is 2.49. The standard InChI is InChI=1S/C23H27NO5/c1-14(2)10-16-6-8-17(9-7-16)15(3)21(25)24-20-12-18(22(26)28-4)11-19(13-20)23(27)29-5/h6-9,11-15H,10H2,1-5H3,(H,24,25). The first-order valence-electron chi connectivity index (χ1n) is 9.46. The van der Waals surface area contributed by atoms with Crippen LogP contribution in [-0.2, 0) is 20.7 Å². The zero-order chi connectivity index (χ0) is 21.6. The molecule has 29 heavy (non-hydrogen) atoms. The Bertz CT molecular complexity index is 852. The maximum atomic E-state index is 12.7. The minimum absolute atomic E-state index is 0.149. The molecule has 0 aliphatic rings. The molecule has 154 valence electrons. The Morgan fingerprint density at radius 3 is 1.83 bits per heavy atom. The van der Waals surface area contributed by atoms with Gasteiger partial charge >= 0.3 is 11.9 Å². The molecular formula is C23H27NO5. The molecule has 2 rings (SSSR count). The number of nitrogens with one attached hydrogen (secondary N) is 1. The van der Waals surface area contributed by atoms with E-state index in [1.54, 1.807) is 6.92 Å². The van der Waals surface area contributed by atoms with Gasteiger partial charge in [-0.05, 0) is 48.6 Å². The summed E-state index contributed by atoms with van der Waals surface area (Å²) in [5.74, 6) is -1.32. The lowest BCUT2D eigenvalue weighted by Gasteiger charge is -2.15. The van der Waals surface area contributed by atoms with E-state index in [4.69, 9.17) is 9.47 Å². The zero-order valence-electron chi connectivity index (χ0n) is 17.4. The average molecular weight is 397 g/mol. The Kier molecular flexibility index (Phi) is 7.53. The van der Waals surface area contributed by atoms with Crippen LogP contribution in [0.4, 0.5) is 5.69 Å². The number of ether oxygens (including phenoxy) is 2. The maximum Gasteiger partial charge on any atom is 0.337 e. The van der Waals surface area contributed by atoms with Crippen molar-refractivity contribution in [3.05, 3.63) is 64.7 Å². The number of methoxy groups -OCH3 is 2. The Balaban J connectivity index is 2.22. The number of anilines is 1. The van der Waals surface area contributed by atoms with Gasteiger partial charge in [0.05, 0.1) is 31.3 Å². The third kappa shape index (κ3) is 5.91. The molecule has 6 nitrogen and oxygen atoms in total. The molecule has 0 spiro atoms. The van der Waals surface area contributed by atoms with Crippen LogP contribution < -0.4 is 5.32 Å². The smallest absolute Gasteiger partial charge is 0.337 e. The molecule has 0 aliphatic heterocycles. The van der Waals surface area contributed by atoms with Gasteiger partial charge in [0.15, 0.2) is 0 Å². The van der Waals surface area contributed by atoms with Crippen LogP contribution in [0.15, 0.2) is 42.5 Å². The first kappa shape index (κ1) is 22.1. The summed E-state index contributed by atoms with van der Waals surface area (Å²) in [6.07, 6.45) is 0.984. The molecule has 6 heteroatoms. The third-order valence-corrected chi connectivity index (χ3v) is 4.56. The molecule has 2 aromatic carbocycles. The van der Waals surface area contributed by atoms with Gasteiger partial charge in [0, 0.05) is 5.69 Å². The molecule has 2 aromatic rings. The molecule has 0 saturated heterocycles. The number of hydrogen-bond donors (Lipinski definition) is 1. The fourth-order valence-corrected chi connectivity index (χ4v) is 2.99. The summed E-state index contributed by atoms with van der Waals surface area (Å²) in [5.41, 5.74) is 2.73. The number of hydrogen-bond acceptors (Lipinski definition) is 5. The quantitative estimate of drug-likeness (QED) is 0.708. The molecule has 0 aliphatic carbocycles. The Morgan fingerprint density at radius 1 is 0.862 bits per heavy atom. The van der Waals surface area contributed by atoms with Crippen molar-refractivity contribution in [2.75, 3.05) is 19.5 Å². The molecule has 1 N–H and O–H groups in total. The molecule has 1 amide bonds. The SMILES string of the molecule is COC(=O)c1cc(NC(=O)C(C)c2ccc(CC(C)C)cc2)cc(C(=O)OC)c1. The summed E-state index contributed by atoms with van der Waals surface area (Å²) < 4.78 is 9.43. The highest BCUT2D eigenvalue weighted by Crippen LogP contribution is 2.22. The minimum atomic E-state index is -0.611. The molecule has 0 radical (unpaired) electrons. The van der Waals surface area contributed by atoms with Crippen molar-refractivity contribution < 1.29 is 23.9 Å². The lowest BCUT2D eigenvalue weighted by molar-refractivity contribution is -0.117.